The number of guanidine groups is 1. The molecule has 0 saturated heterocycles. The van der Waals surface area contributed by atoms with Crippen LogP contribution in [-0.2, 0) is 6.54 Å². The molecule has 3 rings (SSSR count). The van der Waals surface area contributed by atoms with Gasteiger partial charge in [0.1, 0.15) is 6.54 Å². The molecular weight excluding hydrogens is 521 g/mol. The van der Waals surface area contributed by atoms with Gasteiger partial charge in [-0.3, -0.25) is 0 Å². The molecule has 0 radical (unpaired) electrons. The summed E-state index contributed by atoms with van der Waals surface area (Å²) in [6.45, 7) is 2.90. The smallest absolute Gasteiger partial charge is 0.248 e. The van der Waals surface area contributed by atoms with Crippen LogP contribution in [0.4, 0.5) is 5.69 Å². The number of nitrogens with one attached hydrogen (secondary N) is 2. The molecule has 0 atom stereocenters. The highest BCUT2D eigenvalue weighted by Crippen LogP contribution is 2.29. The standard InChI is InChI=1S/C20H22ClN5O3.HI/c1-4-22-20(24-15-9-10-16(27-2)17(11-15)28-3)23-12-18-25-19(26-29-18)13-5-7-14(21)8-6-13;/h5-11H,4,12H2,1-3H3,(H2,22,23,24);1H. The van der Waals surface area contributed by atoms with Crippen molar-refractivity contribution in [3.63, 3.8) is 0 Å². The largest absolute Gasteiger partial charge is 0.493 e. The molecule has 0 aliphatic rings. The lowest BCUT2D eigenvalue weighted by Gasteiger charge is -2.13. The summed E-state index contributed by atoms with van der Waals surface area (Å²) in [6.07, 6.45) is 0. The van der Waals surface area contributed by atoms with Crippen molar-refractivity contribution in [3.05, 3.63) is 53.4 Å². The van der Waals surface area contributed by atoms with Gasteiger partial charge in [0.05, 0.1) is 14.2 Å². The van der Waals surface area contributed by atoms with Crippen molar-refractivity contribution in [2.75, 3.05) is 26.1 Å². The van der Waals surface area contributed by atoms with Crippen LogP contribution in [0.15, 0.2) is 52.0 Å². The zero-order valence-electron chi connectivity index (χ0n) is 16.8. The number of hydrogen-bond donors (Lipinski definition) is 2. The highest BCUT2D eigenvalue weighted by molar-refractivity contribution is 14.0. The van der Waals surface area contributed by atoms with E-state index in [9.17, 15) is 0 Å². The maximum Gasteiger partial charge on any atom is 0.248 e. The zero-order valence-corrected chi connectivity index (χ0v) is 19.9. The van der Waals surface area contributed by atoms with Crippen LogP contribution in [0.25, 0.3) is 11.4 Å². The quantitative estimate of drug-likeness (QED) is 0.255. The minimum Gasteiger partial charge on any atom is -0.493 e. The van der Waals surface area contributed by atoms with Gasteiger partial charge in [0, 0.05) is 28.9 Å². The van der Waals surface area contributed by atoms with Crippen LogP contribution >= 0.6 is 35.6 Å². The van der Waals surface area contributed by atoms with Crippen LogP contribution in [0.5, 0.6) is 11.5 Å². The maximum atomic E-state index is 5.91. The van der Waals surface area contributed by atoms with Gasteiger partial charge in [-0.2, -0.15) is 4.98 Å². The lowest BCUT2D eigenvalue weighted by Crippen LogP contribution is -2.30. The molecular formula is C20H23ClIN5O3. The summed E-state index contributed by atoms with van der Waals surface area (Å²) in [5.41, 5.74) is 1.62. The summed E-state index contributed by atoms with van der Waals surface area (Å²) < 4.78 is 15.9. The second-order valence-electron chi connectivity index (χ2n) is 5.91. The third kappa shape index (κ3) is 6.23. The molecule has 0 amide bonds. The summed E-state index contributed by atoms with van der Waals surface area (Å²) in [4.78, 5) is 8.88. The Morgan fingerprint density at radius 2 is 1.83 bits per heavy atom. The minimum absolute atomic E-state index is 0. The Balaban J connectivity index is 0.00000320. The molecule has 0 aliphatic heterocycles. The van der Waals surface area contributed by atoms with E-state index in [-0.39, 0.29) is 30.5 Å². The Morgan fingerprint density at radius 1 is 1.10 bits per heavy atom. The molecule has 1 aromatic heterocycles. The molecule has 160 valence electrons. The summed E-state index contributed by atoms with van der Waals surface area (Å²) in [7, 11) is 3.19. The van der Waals surface area contributed by atoms with E-state index >= 15 is 0 Å². The number of aliphatic imine (C=N–C) groups is 1. The van der Waals surface area contributed by atoms with Crippen molar-refractivity contribution < 1.29 is 14.0 Å². The maximum absolute atomic E-state index is 5.91. The zero-order chi connectivity index (χ0) is 20.6. The van der Waals surface area contributed by atoms with Gasteiger partial charge in [0.15, 0.2) is 17.5 Å². The molecule has 2 N–H and O–H groups in total. The molecule has 0 saturated carbocycles. The number of methoxy groups -OCH3 is 2. The minimum atomic E-state index is 0. The molecule has 0 bridgehead atoms. The van der Waals surface area contributed by atoms with E-state index in [2.05, 4.69) is 25.8 Å². The van der Waals surface area contributed by atoms with E-state index in [0.29, 0.717) is 40.7 Å². The molecule has 30 heavy (non-hydrogen) atoms. The van der Waals surface area contributed by atoms with Crippen molar-refractivity contribution >= 4 is 47.2 Å². The van der Waals surface area contributed by atoms with Gasteiger partial charge in [0.25, 0.3) is 0 Å². The summed E-state index contributed by atoms with van der Waals surface area (Å²) in [5.74, 6) is 2.74. The van der Waals surface area contributed by atoms with E-state index < -0.39 is 0 Å². The molecule has 3 aromatic rings. The molecule has 8 nitrogen and oxygen atoms in total. The monoisotopic (exact) mass is 543 g/mol. The summed E-state index contributed by atoms with van der Waals surface area (Å²) in [6, 6.07) is 12.8. The van der Waals surface area contributed by atoms with Crippen LogP contribution in [0.3, 0.4) is 0 Å². The first-order chi connectivity index (χ1) is 14.1. The summed E-state index contributed by atoms with van der Waals surface area (Å²) >= 11 is 5.91. The first-order valence-electron chi connectivity index (χ1n) is 8.98. The van der Waals surface area contributed by atoms with Gasteiger partial charge in [-0.05, 0) is 43.3 Å². The van der Waals surface area contributed by atoms with E-state index in [4.69, 9.17) is 25.6 Å². The van der Waals surface area contributed by atoms with Crippen LogP contribution in [0.2, 0.25) is 5.02 Å². The van der Waals surface area contributed by atoms with Gasteiger partial charge in [-0.15, -0.1) is 24.0 Å². The highest BCUT2D eigenvalue weighted by Gasteiger charge is 2.10. The highest BCUT2D eigenvalue weighted by atomic mass is 127. The van der Waals surface area contributed by atoms with Crippen LogP contribution in [-0.4, -0.2) is 36.9 Å². The molecule has 2 aromatic carbocycles. The van der Waals surface area contributed by atoms with E-state index in [1.165, 1.54) is 0 Å². The number of benzene rings is 2. The number of ether oxygens (including phenoxy) is 2. The molecule has 1 heterocycles. The number of hydrogen-bond acceptors (Lipinski definition) is 6. The van der Waals surface area contributed by atoms with Crippen molar-refractivity contribution in [1.29, 1.82) is 0 Å². The van der Waals surface area contributed by atoms with Crippen LogP contribution < -0.4 is 20.1 Å². The number of nitrogens with zero attached hydrogens (tertiary/aromatic N) is 3. The Labute approximate surface area is 197 Å². The van der Waals surface area contributed by atoms with Crippen molar-refractivity contribution in [2.24, 2.45) is 4.99 Å². The van der Waals surface area contributed by atoms with Gasteiger partial charge < -0.3 is 24.6 Å². The second kappa shape index (κ2) is 11.6. The Kier molecular flexibility index (Phi) is 9.18. The number of halogens is 2. The second-order valence-corrected chi connectivity index (χ2v) is 6.34. The van der Waals surface area contributed by atoms with Crippen LogP contribution in [0, 0.1) is 0 Å². The lowest BCUT2D eigenvalue weighted by molar-refractivity contribution is 0.355. The third-order valence-corrected chi connectivity index (χ3v) is 4.19. The fourth-order valence-electron chi connectivity index (χ4n) is 2.54. The predicted octanol–water partition coefficient (Wildman–Crippen LogP) is 4.60. The van der Waals surface area contributed by atoms with Gasteiger partial charge in [0.2, 0.25) is 11.7 Å². The molecule has 0 spiro atoms. The van der Waals surface area contributed by atoms with Crippen LogP contribution in [0.1, 0.15) is 12.8 Å². The van der Waals surface area contributed by atoms with Gasteiger partial charge >= 0.3 is 0 Å². The molecule has 0 unspecified atom stereocenters. The fourth-order valence-corrected chi connectivity index (χ4v) is 2.67. The number of anilines is 1. The van der Waals surface area contributed by atoms with E-state index in [1.54, 1.807) is 26.4 Å². The first kappa shape index (κ1) is 23.7. The molecule has 0 aliphatic carbocycles. The van der Waals surface area contributed by atoms with Crippen molar-refractivity contribution in [3.8, 4) is 22.9 Å². The Hall–Kier alpha value is -2.53. The lowest BCUT2D eigenvalue weighted by atomic mass is 10.2. The van der Waals surface area contributed by atoms with E-state index in [0.717, 1.165) is 11.3 Å². The average molecular weight is 544 g/mol. The summed E-state index contributed by atoms with van der Waals surface area (Å²) in [5, 5.41) is 11.0. The Morgan fingerprint density at radius 3 is 2.50 bits per heavy atom. The number of aromatic nitrogens is 2. The molecule has 10 heteroatoms. The fraction of sp³-hybridized carbons (Fsp3) is 0.250. The topological polar surface area (TPSA) is 93.8 Å². The Bertz CT molecular complexity index is 979. The molecule has 0 fully saturated rings. The van der Waals surface area contributed by atoms with Crippen molar-refractivity contribution in [2.45, 2.75) is 13.5 Å². The van der Waals surface area contributed by atoms with E-state index in [1.807, 2.05) is 37.3 Å². The average Bonchev–Trinajstić information content (AvgIpc) is 3.21. The van der Waals surface area contributed by atoms with Crippen molar-refractivity contribution in [1.82, 2.24) is 15.5 Å². The SMILES string of the molecule is CCNC(=NCc1nc(-c2ccc(Cl)cc2)no1)Nc1ccc(OC)c(OC)c1.I. The first-order valence-corrected chi connectivity index (χ1v) is 9.36. The number of rotatable bonds is 7. The predicted molar refractivity (Wildman–Crippen MR) is 128 cm³/mol. The van der Waals surface area contributed by atoms with Gasteiger partial charge in [-0.25, -0.2) is 4.99 Å². The van der Waals surface area contributed by atoms with Gasteiger partial charge in [-0.1, -0.05) is 16.8 Å². The normalized spacial score (nSPS) is 10.9. The third-order valence-electron chi connectivity index (χ3n) is 3.93.